The van der Waals surface area contributed by atoms with Crippen LogP contribution in [0.1, 0.15) is 17.9 Å². The average molecular weight is 390 g/mol. The summed E-state index contributed by atoms with van der Waals surface area (Å²) in [6, 6.07) is 10.1. The summed E-state index contributed by atoms with van der Waals surface area (Å²) in [6.07, 6.45) is 2.37. The van der Waals surface area contributed by atoms with Crippen molar-refractivity contribution in [3.63, 3.8) is 0 Å². The third-order valence-corrected chi connectivity index (χ3v) is 7.14. The van der Waals surface area contributed by atoms with Crippen molar-refractivity contribution in [2.45, 2.75) is 23.3 Å². The molecule has 1 saturated heterocycles. The molecule has 8 heteroatoms. The van der Waals surface area contributed by atoms with E-state index < -0.39 is 10.0 Å². The maximum atomic E-state index is 13.0. The first-order chi connectivity index (χ1) is 12.9. The van der Waals surface area contributed by atoms with E-state index in [0.717, 1.165) is 25.1 Å². The van der Waals surface area contributed by atoms with Crippen LogP contribution in [0.3, 0.4) is 0 Å². The first kappa shape index (κ1) is 18.3. The molecular formula is C19H23FN4O2S. The largest absolute Gasteiger partial charge is 0.367 e. The van der Waals surface area contributed by atoms with Gasteiger partial charge in [0.25, 0.3) is 0 Å². The summed E-state index contributed by atoms with van der Waals surface area (Å²) in [5, 5.41) is 3.32. The fraction of sp³-hybridized carbons (Fsp3) is 0.421. The Labute approximate surface area is 159 Å². The van der Waals surface area contributed by atoms with Crippen LogP contribution < -0.4 is 5.32 Å². The summed E-state index contributed by atoms with van der Waals surface area (Å²) >= 11 is 0. The van der Waals surface area contributed by atoms with Crippen molar-refractivity contribution in [1.29, 1.82) is 0 Å². The molecule has 1 aliphatic carbocycles. The number of anilines is 1. The second kappa shape index (κ2) is 7.18. The predicted octanol–water partition coefficient (Wildman–Crippen LogP) is 2.12. The molecule has 4 rings (SSSR count). The number of hydrogen-bond donors (Lipinski definition) is 1. The lowest BCUT2D eigenvalue weighted by Gasteiger charge is -2.31. The van der Waals surface area contributed by atoms with Gasteiger partial charge in [0.15, 0.2) is 0 Å². The normalized spacial score (nSPS) is 23.9. The van der Waals surface area contributed by atoms with E-state index in [-0.39, 0.29) is 16.8 Å². The third-order valence-electron chi connectivity index (χ3n) is 5.26. The zero-order valence-corrected chi connectivity index (χ0v) is 16.0. The predicted molar refractivity (Wildman–Crippen MR) is 102 cm³/mol. The molecule has 0 bridgehead atoms. The molecule has 27 heavy (non-hydrogen) atoms. The van der Waals surface area contributed by atoms with Gasteiger partial charge in [0, 0.05) is 44.3 Å². The van der Waals surface area contributed by atoms with E-state index in [1.807, 2.05) is 7.05 Å². The lowest BCUT2D eigenvalue weighted by molar-refractivity contribution is 0.222. The van der Waals surface area contributed by atoms with Gasteiger partial charge in [-0.25, -0.2) is 17.8 Å². The first-order valence-electron chi connectivity index (χ1n) is 9.10. The average Bonchev–Trinajstić information content (AvgIpc) is 3.42. The van der Waals surface area contributed by atoms with Crippen LogP contribution in [0.4, 0.5) is 10.2 Å². The molecule has 1 saturated carbocycles. The van der Waals surface area contributed by atoms with Crippen molar-refractivity contribution in [1.82, 2.24) is 14.2 Å². The monoisotopic (exact) mass is 390 g/mol. The molecule has 6 nitrogen and oxygen atoms in total. The molecule has 2 aliphatic rings. The summed E-state index contributed by atoms with van der Waals surface area (Å²) in [7, 11) is -1.50. The van der Waals surface area contributed by atoms with E-state index in [1.54, 1.807) is 24.3 Å². The molecule has 1 aromatic carbocycles. The van der Waals surface area contributed by atoms with Gasteiger partial charge in [0.1, 0.15) is 16.5 Å². The van der Waals surface area contributed by atoms with Crippen molar-refractivity contribution >= 4 is 15.8 Å². The van der Waals surface area contributed by atoms with Crippen LogP contribution >= 0.6 is 0 Å². The molecule has 2 heterocycles. The number of rotatable bonds is 5. The molecule has 0 amide bonds. The maximum absolute atomic E-state index is 13.0. The van der Waals surface area contributed by atoms with Crippen LogP contribution in [0.2, 0.25) is 0 Å². The second-order valence-electron chi connectivity index (χ2n) is 7.23. The molecule has 2 atom stereocenters. The van der Waals surface area contributed by atoms with Gasteiger partial charge in [-0.3, -0.25) is 0 Å². The third kappa shape index (κ3) is 3.97. The van der Waals surface area contributed by atoms with Gasteiger partial charge in [0.05, 0.1) is 0 Å². The van der Waals surface area contributed by atoms with E-state index in [4.69, 9.17) is 0 Å². The molecule has 144 valence electrons. The van der Waals surface area contributed by atoms with Crippen LogP contribution in [0.25, 0.3) is 0 Å². The number of benzene rings is 1. The fourth-order valence-electron chi connectivity index (χ4n) is 3.42. The maximum Gasteiger partial charge on any atom is 0.244 e. The van der Waals surface area contributed by atoms with Crippen molar-refractivity contribution in [3.05, 3.63) is 54.0 Å². The summed E-state index contributed by atoms with van der Waals surface area (Å²) in [4.78, 5) is 6.63. The molecular weight excluding hydrogens is 367 g/mol. The fourth-order valence-corrected chi connectivity index (χ4v) is 4.79. The number of likely N-dealkylation sites (N-methyl/N-ethyl adjacent to an activating group) is 1. The van der Waals surface area contributed by atoms with Gasteiger partial charge in [0.2, 0.25) is 10.0 Å². The Morgan fingerprint density at radius 1 is 1.07 bits per heavy atom. The molecule has 2 fully saturated rings. The van der Waals surface area contributed by atoms with Crippen LogP contribution in [0, 0.1) is 5.82 Å². The van der Waals surface area contributed by atoms with E-state index >= 15 is 0 Å². The molecule has 1 aromatic heterocycles. The topological polar surface area (TPSA) is 65.5 Å². The van der Waals surface area contributed by atoms with E-state index in [1.165, 1.54) is 22.6 Å². The van der Waals surface area contributed by atoms with Gasteiger partial charge in [-0.2, -0.15) is 4.31 Å². The highest BCUT2D eigenvalue weighted by Crippen LogP contribution is 2.42. The number of sulfonamides is 1. The molecule has 0 radical (unpaired) electrons. The van der Waals surface area contributed by atoms with Gasteiger partial charge in [-0.1, -0.05) is 12.1 Å². The van der Waals surface area contributed by atoms with Gasteiger partial charge >= 0.3 is 0 Å². The van der Waals surface area contributed by atoms with Crippen LogP contribution in [0.15, 0.2) is 47.5 Å². The molecule has 1 aliphatic heterocycles. The van der Waals surface area contributed by atoms with Crippen molar-refractivity contribution in [2.75, 3.05) is 38.5 Å². The standard InChI is InChI=1S/C19H23FN4O2S/c1-23-8-10-24(11-9-23)27(25,26)16-6-7-19(21-13-16)22-18-12-17(18)14-2-4-15(20)5-3-14/h2-7,13,17-18H,8-12H2,1H3,(H,21,22)/t17-,18+/m0/s1. The number of aromatic nitrogens is 1. The smallest absolute Gasteiger partial charge is 0.244 e. The van der Waals surface area contributed by atoms with Gasteiger partial charge < -0.3 is 10.2 Å². The Balaban J connectivity index is 1.39. The molecule has 1 N–H and O–H groups in total. The Kier molecular flexibility index (Phi) is 4.88. The number of halogens is 1. The number of hydrogen-bond acceptors (Lipinski definition) is 5. The van der Waals surface area contributed by atoms with E-state index in [0.29, 0.717) is 24.8 Å². The Hall–Kier alpha value is -2.03. The lowest BCUT2D eigenvalue weighted by atomic mass is 10.1. The SMILES string of the molecule is CN1CCN(S(=O)(=O)c2ccc(N[C@@H]3C[C@H]3c3ccc(F)cc3)nc2)CC1. The summed E-state index contributed by atoms with van der Waals surface area (Å²) in [6.45, 7) is 2.47. The number of nitrogens with one attached hydrogen (secondary N) is 1. The molecule has 0 unspecified atom stereocenters. The summed E-state index contributed by atoms with van der Waals surface area (Å²) in [5.74, 6) is 0.755. The molecule has 2 aromatic rings. The Morgan fingerprint density at radius 3 is 2.41 bits per heavy atom. The highest BCUT2D eigenvalue weighted by Gasteiger charge is 2.38. The quantitative estimate of drug-likeness (QED) is 0.847. The van der Waals surface area contributed by atoms with E-state index in [9.17, 15) is 12.8 Å². The van der Waals surface area contributed by atoms with Crippen LogP contribution in [-0.2, 0) is 10.0 Å². The zero-order valence-electron chi connectivity index (χ0n) is 15.2. The molecule has 0 spiro atoms. The van der Waals surface area contributed by atoms with Crippen LogP contribution in [0.5, 0.6) is 0 Å². The van der Waals surface area contributed by atoms with E-state index in [2.05, 4.69) is 15.2 Å². The minimum Gasteiger partial charge on any atom is -0.367 e. The van der Waals surface area contributed by atoms with Gasteiger partial charge in [-0.15, -0.1) is 0 Å². The Bertz CT molecular complexity index is 894. The second-order valence-corrected chi connectivity index (χ2v) is 9.17. The zero-order chi connectivity index (χ0) is 19.0. The van der Waals surface area contributed by atoms with Crippen molar-refractivity contribution < 1.29 is 12.8 Å². The number of pyridine rings is 1. The summed E-state index contributed by atoms with van der Waals surface area (Å²) in [5.41, 5.74) is 1.10. The number of nitrogens with zero attached hydrogens (tertiary/aromatic N) is 3. The minimum atomic E-state index is -3.49. The van der Waals surface area contributed by atoms with Crippen molar-refractivity contribution in [2.24, 2.45) is 0 Å². The van der Waals surface area contributed by atoms with Gasteiger partial charge in [-0.05, 0) is 43.3 Å². The Morgan fingerprint density at radius 2 is 1.78 bits per heavy atom. The van der Waals surface area contributed by atoms with Crippen molar-refractivity contribution in [3.8, 4) is 0 Å². The minimum absolute atomic E-state index is 0.225. The summed E-state index contributed by atoms with van der Waals surface area (Å²) < 4.78 is 40.0. The van der Waals surface area contributed by atoms with Crippen LogP contribution in [-0.4, -0.2) is 61.9 Å². The first-order valence-corrected chi connectivity index (χ1v) is 10.5. The lowest BCUT2D eigenvalue weighted by Crippen LogP contribution is -2.47. The number of piperazine rings is 1. The highest BCUT2D eigenvalue weighted by molar-refractivity contribution is 7.89. The highest BCUT2D eigenvalue weighted by atomic mass is 32.2.